The molecular weight excluding hydrogens is 430 g/mol. The van der Waals surface area contributed by atoms with Gasteiger partial charge in [-0.2, -0.15) is 8.42 Å². The molecule has 0 radical (unpaired) electrons. The summed E-state index contributed by atoms with van der Waals surface area (Å²) in [5.41, 5.74) is 1.21. The predicted octanol–water partition coefficient (Wildman–Crippen LogP) is 4.23. The van der Waals surface area contributed by atoms with Gasteiger partial charge < -0.3 is 14.8 Å². The van der Waals surface area contributed by atoms with Crippen molar-refractivity contribution in [3.05, 3.63) is 78.4 Å². The fourth-order valence-corrected chi connectivity index (χ4v) is 3.51. The number of rotatable bonds is 10. The number of amides is 1. The number of ether oxygens (including phenoxy) is 2. The fraction of sp³-hybridized carbons (Fsp3) is 0.375. The topological polar surface area (TPSA) is 90.9 Å². The summed E-state index contributed by atoms with van der Waals surface area (Å²) in [5.74, 6) is 0.696. The van der Waals surface area contributed by atoms with E-state index in [0.29, 0.717) is 18.8 Å². The van der Waals surface area contributed by atoms with Gasteiger partial charge in [-0.3, -0.25) is 4.18 Å². The highest BCUT2D eigenvalue weighted by molar-refractivity contribution is 7.86. The first-order valence-electron chi connectivity index (χ1n) is 10.2. The van der Waals surface area contributed by atoms with E-state index in [1.165, 1.54) is 6.08 Å². The van der Waals surface area contributed by atoms with Crippen LogP contribution in [0.4, 0.5) is 4.79 Å². The molecule has 0 aliphatic carbocycles. The molecule has 2 aromatic carbocycles. The average Bonchev–Trinajstić information content (AvgIpc) is 2.70. The minimum Gasteiger partial charge on any atom is -0.489 e. The second-order valence-corrected chi connectivity index (χ2v) is 9.98. The van der Waals surface area contributed by atoms with Gasteiger partial charge in [-0.1, -0.05) is 48.5 Å². The zero-order chi connectivity index (χ0) is 23.8. The van der Waals surface area contributed by atoms with E-state index in [2.05, 4.69) is 11.9 Å². The van der Waals surface area contributed by atoms with Crippen LogP contribution in [0.3, 0.4) is 0 Å². The highest BCUT2D eigenvalue weighted by atomic mass is 32.2. The Morgan fingerprint density at radius 2 is 1.69 bits per heavy atom. The Labute approximate surface area is 190 Å². The molecule has 0 aromatic heterocycles. The van der Waals surface area contributed by atoms with Gasteiger partial charge in [0.25, 0.3) is 10.1 Å². The maximum Gasteiger partial charge on any atom is 0.407 e. The number of hydrogen-bond donors (Lipinski definition) is 1. The number of carbonyl (C=O) groups excluding carboxylic acids is 1. The van der Waals surface area contributed by atoms with E-state index in [4.69, 9.17) is 13.7 Å². The molecule has 174 valence electrons. The highest BCUT2D eigenvalue weighted by Gasteiger charge is 2.27. The smallest absolute Gasteiger partial charge is 0.407 e. The third-order valence-corrected chi connectivity index (χ3v) is 4.82. The molecule has 1 unspecified atom stereocenters. The Balaban J connectivity index is 2.11. The van der Waals surface area contributed by atoms with Gasteiger partial charge in [-0.25, -0.2) is 4.79 Å². The van der Waals surface area contributed by atoms with Crippen LogP contribution in [-0.2, 0) is 32.1 Å². The van der Waals surface area contributed by atoms with Crippen molar-refractivity contribution in [3.8, 4) is 5.75 Å². The average molecular weight is 462 g/mol. The SMILES string of the molecule is C=C[C@H](OS(C)(=O)=O)C(Cc1ccc(OCc2ccccc2)cc1)NC(=O)OC(C)(C)C. The van der Waals surface area contributed by atoms with Crippen molar-refractivity contribution < 1.29 is 26.9 Å². The molecule has 0 fully saturated rings. The standard InChI is InChI=1S/C24H31NO6S/c1-6-22(31-32(5,27)28)21(25-23(26)30-24(2,3)4)16-18-12-14-20(15-13-18)29-17-19-10-8-7-9-11-19/h6-15,21-22H,1,16-17H2,2-5H3,(H,25,26)/t21?,22-/m0/s1. The van der Waals surface area contributed by atoms with Gasteiger partial charge in [-0.05, 0) is 50.5 Å². The monoisotopic (exact) mass is 461 g/mol. The number of hydrogen-bond acceptors (Lipinski definition) is 6. The Bertz CT molecular complexity index is 981. The normalized spacial score (nSPS) is 13.6. The summed E-state index contributed by atoms with van der Waals surface area (Å²) >= 11 is 0. The van der Waals surface area contributed by atoms with Crippen LogP contribution in [0.25, 0.3) is 0 Å². The molecular formula is C24H31NO6S. The molecule has 0 aliphatic heterocycles. The first kappa shape index (κ1) is 25.4. The first-order valence-corrected chi connectivity index (χ1v) is 12.0. The molecule has 2 rings (SSSR count). The minimum absolute atomic E-state index is 0.296. The Kier molecular flexibility index (Phi) is 8.86. The Morgan fingerprint density at radius 3 is 2.22 bits per heavy atom. The Morgan fingerprint density at radius 1 is 1.06 bits per heavy atom. The van der Waals surface area contributed by atoms with Gasteiger partial charge in [0.15, 0.2) is 0 Å². The maximum absolute atomic E-state index is 12.3. The van der Waals surface area contributed by atoms with Gasteiger partial charge in [0.2, 0.25) is 0 Å². The van der Waals surface area contributed by atoms with Crippen LogP contribution in [0.5, 0.6) is 5.75 Å². The van der Waals surface area contributed by atoms with Crippen LogP contribution < -0.4 is 10.1 Å². The zero-order valence-electron chi connectivity index (χ0n) is 18.9. The predicted molar refractivity (Wildman–Crippen MR) is 124 cm³/mol. The largest absolute Gasteiger partial charge is 0.489 e. The summed E-state index contributed by atoms with van der Waals surface area (Å²) in [6.45, 7) is 9.33. The number of alkyl carbamates (subject to hydrolysis) is 1. The van der Waals surface area contributed by atoms with Crippen molar-refractivity contribution in [3.63, 3.8) is 0 Å². The van der Waals surface area contributed by atoms with Gasteiger partial charge in [0.05, 0.1) is 12.3 Å². The molecule has 32 heavy (non-hydrogen) atoms. The molecule has 0 saturated carbocycles. The molecule has 0 aliphatic rings. The molecule has 0 heterocycles. The third kappa shape index (κ3) is 9.53. The van der Waals surface area contributed by atoms with Crippen LogP contribution in [0, 0.1) is 0 Å². The summed E-state index contributed by atoms with van der Waals surface area (Å²) < 4.78 is 39.6. The molecule has 1 amide bonds. The summed E-state index contributed by atoms with van der Waals surface area (Å²) in [6, 6.07) is 16.5. The fourth-order valence-electron chi connectivity index (χ4n) is 2.90. The van der Waals surface area contributed by atoms with Gasteiger partial charge in [-0.15, -0.1) is 6.58 Å². The van der Waals surface area contributed by atoms with Gasteiger partial charge in [0, 0.05) is 0 Å². The van der Waals surface area contributed by atoms with E-state index in [1.54, 1.807) is 20.8 Å². The molecule has 2 atom stereocenters. The van der Waals surface area contributed by atoms with E-state index < -0.39 is 34.0 Å². The zero-order valence-corrected chi connectivity index (χ0v) is 19.7. The summed E-state index contributed by atoms with van der Waals surface area (Å²) in [4.78, 5) is 12.3. The molecule has 7 nitrogen and oxygen atoms in total. The van der Waals surface area contributed by atoms with Crippen molar-refractivity contribution in [2.45, 2.75) is 51.5 Å². The van der Waals surface area contributed by atoms with Crippen LogP contribution >= 0.6 is 0 Å². The molecule has 2 aromatic rings. The van der Waals surface area contributed by atoms with Crippen molar-refractivity contribution >= 4 is 16.2 Å². The Hall–Kier alpha value is -2.84. The van der Waals surface area contributed by atoms with Crippen LogP contribution in [0.1, 0.15) is 31.9 Å². The molecule has 0 bridgehead atoms. The lowest BCUT2D eigenvalue weighted by Crippen LogP contribution is -2.47. The van der Waals surface area contributed by atoms with Crippen molar-refractivity contribution in [1.29, 1.82) is 0 Å². The molecule has 8 heteroatoms. The van der Waals surface area contributed by atoms with E-state index >= 15 is 0 Å². The third-order valence-electron chi connectivity index (χ3n) is 4.24. The van der Waals surface area contributed by atoms with Crippen LogP contribution in [-0.4, -0.2) is 38.5 Å². The van der Waals surface area contributed by atoms with Crippen molar-refractivity contribution in [1.82, 2.24) is 5.32 Å². The van der Waals surface area contributed by atoms with E-state index in [-0.39, 0.29) is 0 Å². The van der Waals surface area contributed by atoms with Gasteiger partial charge in [0.1, 0.15) is 24.1 Å². The van der Waals surface area contributed by atoms with Crippen LogP contribution in [0.15, 0.2) is 67.3 Å². The van der Waals surface area contributed by atoms with Gasteiger partial charge >= 0.3 is 6.09 Å². The van der Waals surface area contributed by atoms with Crippen molar-refractivity contribution in [2.24, 2.45) is 0 Å². The number of nitrogens with one attached hydrogen (secondary N) is 1. The number of benzene rings is 2. The van der Waals surface area contributed by atoms with E-state index in [0.717, 1.165) is 17.4 Å². The lowest BCUT2D eigenvalue weighted by atomic mass is 10.0. The lowest BCUT2D eigenvalue weighted by Gasteiger charge is -2.27. The van der Waals surface area contributed by atoms with Crippen molar-refractivity contribution in [2.75, 3.05) is 6.26 Å². The summed E-state index contributed by atoms with van der Waals surface area (Å²) in [7, 11) is -3.77. The van der Waals surface area contributed by atoms with E-state index in [1.807, 2.05) is 54.6 Å². The quantitative estimate of drug-likeness (QED) is 0.421. The highest BCUT2D eigenvalue weighted by Crippen LogP contribution is 2.18. The van der Waals surface area contributed by atoms with E-state index in [9.17, 15) is 13.2 Å². The van der Waals surface area contributed by atoms with Crippen LogP contribution in [0.2, 0.25) is 0 Å². The number of carbonyl (C=O) groups is 1. The maximum atomic E-state index is 12.3. The second-order valence-electron chi connectivity index (χ2n) is 8.38. The molecule has 0 saturated heterocycles. The second kappa shape index (κ2) is 11.2. The molecule has 1 N–H and O–H groups in total. The summed E-state index contributed by atoms with van der Waals surface area (Å²) in [6.07, 6.45) is 0.957. The molecule has 0 spiro atoms. The summed E-state index contributed by atoms with van der Waals surface area (Å²) in [5, 5.41) is 2.70. The first-order chi connectivity index (χ1) is 14.9. The minimum atomic E-state index is -3.77. The lowest BCUT2D eigenvalue weighted by molar-refractivity contribution is 0.0468.